The standard InChI is InChI=1S/C15H15NO2/c1-2-18-15(17)13-8-12(13)11-7-10-5-3-4-6-14(10)16-9-11/h3-7,9,12-13H,2,8H2,1H3/t12-,13+/m1/s1. The zero-order chi connectivity index (χ0) is 12.5. The summed E-state index contributed by atoms with van der Waals surface area (Å²) in [5.74, 6) is 0.254. The minimum atomic E-state index is -0.0735. The Hall–Kier alpha value is -1.90. The van der Waals surface area contributed by atoms with Crippen LogP contribution >= 0.6 is 0 Å². The third-order valence-electron chi connectivity index (χ3n) is 3.42. The van der Waals surface area contributed by atoms with Gasteiger partial charge in [-0.05, 0) is 37.0 Å². The molecule has 1 aromatic carbocycles. The van der Waals surface area contributed by atoms with Gasteiger partial charge in [0.2, 0.25) is 0 Å². The minimum absolute atomic E-state index is 0.0351. The molecule has 1 heterocycles. The summed E-state index contributed by atoms with van der Waals surface area (Å²) in [6, 6.07) is 10.2. The van der Waals surface area contributed by atoms with Crippen LogP contribution in [0.1, 0.15) is 24.8 Å². The fraction of sp³-hybridized carbons (Fsp3) is 0.333. The Bertz CT molecular complexity index is 594. The highest BCUT2D eigenvalue weighted by atomic mass is 16.5. The number of aromatic nitrogens is 1. The largest absolute Gasteiger partial charge is 0.466 e. The molecule has 1 aromatic heterocycles. The second-order valence-corrected chi connectivity index (χ2v) is 4.66. The first-order valence-electron chi connectivity index (χ1n) is 6.31. The molecule has 1 aliphatic carbocycles. The van der Waals surface area contributed by atoms with Gasteiger partial charge in [0.15, 0.2) is 0 Å². The quantitative estimate of drug-likeness (QED) is 0.776. The average molecular weight is 241 g/mol. The molecule has 2 atom stereocenters. The number of carbonyl (C=O) groups is 1. The van der Waals surface area contributed by atoms with E-state index in [4.69, 9.17) is 4.74 Å². The fourth-order valence-corrected chi connectivity index (χ4v) is 2.36. The molecule has 0 spiro atoms. The third kappa shape index (κ3) is 1.96. The normalized spacial score (nSPS) is 21.8. The highest BCUT2D eigenvalue weighted by Gasteiger charge is 2.45. The van der Waals surface area contributed by atoms with Gasteiger partial charge in [0.1, 0.15) is 0 Å². The Balaban J connectivity index is 1.82. The van der Waals surface area contributed by atoms with Crippen molar-refractivity contribution in [2.24, 2.45) is 5.92 Å². The van der Waals surface area contributed by atoms with Gasteiger partial charge in [-0.25, -0.2) is 0 Å². The molecule has 0 bridgehead atoms. The Kier molecular flexibility index (Phi) is 2.74. The molecule has 0 unspecified atom stereocenters. The number of para-hydroxylation sites is 1. The molecule has 3 nitrogen and oxygen atoms in total. The van der Waals surface area contributed by atoms with Gasteiger partial charge >= 0.3 is 5.97 Å². The number of ether oxygens (including phenoxy) is 1. The minimum Gasteiger partial charge on any atom is -0.466 e. The van der Waals surface area contributed by atoms with Gasteiger partial charge in [0, 0.05) is 11.6 Å². The maximum atomic E-state index is 11.6. The van der Waals surface area contributed by atoms with E-state index in [0.717, 1.165) is 22.9 Å². The molecule has 0 amide bonds. The van der Waals surface area contributed by atoms with Crippen LogP contribution in [0.15, 0.2) is 36.5 Å². The third-order valence-corrected chi connectivity index (χ3v) is 3.42. The Morgan fingerprint density at radius 2 is 2.28 bits per heavy atom. The van der Waals surface area contributed by atoms with Crippen molar-refractivity contribution in [3.63, 3.8) is 0 Å². The van der Waals surface area contributed by atoms with Crippen LogP contribution in [-0.4, -0.2) is 17.6 Å². The molecule has 1 fully saturated rings. The van der Waals surface area contributed by atoms with Crippen LogP contribution < -0.4 is 0 Å². The number of pyridine rings is 1. The van der Waals surface area contributed by atoms with E-state index in [-0.39, 0.29) is 11.9 Å². The lowest BCUT2D eigenvalue weighted by Crippen LogP contribution is -2.07. The van der Waals surface area contributed by atoms with E-state index in [1.165, 1.54) is 0 Å². The first kappa shape index (κ1) is 11.2. The number of carbonyl (C=O) groups excluding carboxylic acids is 1. The zero-order valence-corrected chi connectivity index (χ0v) is 10.3. The lowest BCUT2D eigenvalue weighted by Gasteiger charge is -2.03. The van der Waals surface area contributed by atoms with Crippen molar-refractivity contribution < 1.29 is 9.53 Å². The lowest BCUT2D eigenvalue weighted by atomic mass is 10.1. The van der Waals surface area contributed by atoms with Crippen LogP contribution in [0, 0.1) is 5.92 Å². The molecular formula is C15H15NO2. The smallest absolute Gasteiger partial charge is 0.309 e. The van der Waals surface area contributed by atoms with Gasteiger partial charge in [0.05, 0.1) is 18.0 Å². The molecular weight excluding hydrogens is 226 g/mol. The lowest BCUT2D eigenvalue weighted by molar-refractivity contribution is -0.144. The topological polar surface area (TPSA) is 39.2 Å². The number of hydrogen-bond acceptors (Lipinski definition) is 3. The van der Waals surface area contributed by atoms with Crippen molar-refractivity contribution in [2.75, 3.05) is 6.61 Å². The van der Waals surface area contributed by atoms with Crippen molar-refractivity contribution in [1.82, 2.24) is 4.98 Å². The summed E-state index contributed by atoms with van der Waals surface area (Å²) in [5.41, 5.74) is 2.14. The van der Waals surface area contributed by atoms with Crippen LogP contribution in [-0.2, 0) is 9.53 Å². The number of benzene rings is 1. The molecule has 3 heteroatoms. The molecule has 92 valence electrons. The van der Waals surface area contributed by atoms with Crippen LogP contribution in [0.25, 0.3) is 10.9 Å². The SMILES string of the molecule is CCOC(=O)[C@H]1C[C@@H]1c1cnc2ccccc2c1. The predicted octanol–water partition coefficient (Wildman–Crippen LogP) is 2.90. The number of rotatable bonds is 3. The first-order chi connectivity index (χ1) is 8.79. The monoisotopic (exact) mass is 241 g/mol. The van der Waals surface area contributed by atoms with Crippen molar-refractivity contribution in [3.05, 3.63) is 42.1 Å². The molecule has 0 radical (unpaired) electrons. The van der Waals surface area contributed by atoms with Gasteiger partial charge < -0.3 is 4.74 Å². The summed E-state index contributed by atoms with van der Waals surface area (Å²) in [7, 11) is 0. The van der Waals surface area contributed by atoms with Crippen molar-refractivity contribution in [1.29, 1.82) is 0 Å². The summed E-state index contributed by atoms with van der Waals surface area (Å²) < 4.78 is 5.05. The van der Waals surface area contributed by atoms with Gasteiger partial charge in [-0.2, -0.15) is 0 Å². The first-order valence-corrected chi connectivity index (χ1v) is 6.31. The number of nitrogens with zero attached hydrogens (tertiary/aromatic N) is 1. The predicted molar refractivity (Wildman–Crippen MR) is 69.2 cm³/mol. The average Bonchev–Trinajstić information content (AvgIpc) is 3.19. The van der Waals surface area contributed by atoms with E-state index in [1.807, 2.05) is 37.4 Å². The van der Waals surface area contributed by atoms with E-state index in [1.54, 1.807) is 0 Å². The summed E-state index contributed by atoms with van der Waals surface area (Å²) >= 11 is 0. The Morgan fingerprint density at radius 3 is 3.11 bits per heavy atom. The maximum Gasteiger partial charge on any atom is 0.309 e. The Morgan fingerprint density at radius 1 is 1.44 bits per heavy atom. The fourth-order valence-electron chi connectivity index (χ4n) is 2.36. The van der Waals surface area contributed by atoms with E-state index < -0.39 is 0 Å². The molecule has 1 saturated carbocycles. The van der Waals surface area contributed by atoms with E-state index >= 15 is 0 Å². The highest BCUT2D eigenvalue weighted by molar-refractivity contribution is 5.81. The summed E-state index contributed by atoms with van der Waals surface area (Å²) in [5, 5.41) is 1.13. The molecule has 3 rings (SSSR count). The van der Waals surface area contributed by atoms with E-state index in [0.29, 0.717) is 12.5 Å². The van der Waals surface area contributed by atoms with Gasteiger partial charge in [-0.15, -0.1) is 0 Å². The van der Waals surface area contributed by atoms with Crippen LogP contribution in [0.5, 0.6) is 0 Å². The molecule has 0 N–H and O–H groups in total. The van der Waals surface area contributed by atoms with E-state index in [9.17, 15) is 4.79 Å². The van der Waals surface area contributed by atoms with E-state index in [2.05, 4.69) is 11.1 Å². The van der Waals surface area contributed by atoms with Gasteiger partial charge in [-0.1, -0.05) is 18.2 Å². The zero-order valence-electron chi connectivity index (χ0n) is 10.3. The molecule has 2 aromatic rings. The van der Waals surface area contributed by atoms with Crippen molar-refractivity contribution in [2.45, 2.75) is 19.3 Å². The van der Waals surface area contributed by atoms with Gasteiger partial charge in [0.25, 0.3) is 0 Å². The Labute approximate surface area is 106 Å². The van der Waals surface area contributed by atoms with Crippen LogP contribution in [0.4, 0.5) is 0 Å². The second-order valence-electron chi connectivity index (χ2n) is 4.66. The molecule has 0 aliphatic heterocycles. The van der Waals surface area contributed by atoms with Crippen LogP contribution in [0.2, 0.25) is 0 Å². The van der Waals surface area contributed by atoms with Crippen LogP contribution in [0.3, 0.4) is 0 Å². The van der Waals surface area contributed by atoms with Crippen molar-refractivity contribution in [3.8, 4) is 0 Å². The second kappa shape index (κ2) is 4.41. The molecule has 0 saturated heterocycles. The number of hydrogen-bond donors (Lipinski definition) is 0. The summed E-state index contributed by atoms with van der Waals surface area (Å²) in [6.07, 6.45) is 2.77. The highest BCUT2D eigenvalue weighted by Crippen LogP contribution is 2.48. The molecule has 18 heavy (non-hydrogen) atoms. The van der Waals surface area contributed by atoms with Crippen molar-refractivity contribution >= 4 is 16.9 Å². The maximum absolute atomic E-state index is 11.6. The number of esters is 1. The summed E-state index contributed by atoms with van der Waals surface area (Å²) in [6.45, 7) is 2.30. The number of fused-ring (bicyclic) bond motifs is 1. The molecule has 1 aliphatic rings. The summed E-state index contributed by atoms with van der Waals surface area (Å²) in [4.78, 5) is 16.0. The van der Waals surface area contributed by atoms with Gasteiger partial charge in [-0.3, -0.25) is 9.78 Å².